The van der Waals surface area contributed by atoms with Crippen LogP contribution < -0.4 is 4.74 Å². The van der Waals surface area contributed by atoms with Crippen molar-refractivity contribution in [3.8, 4) is 5.75 Å². The Kier molecular flexibility index (Phi) is 5.11. The van der Waals surface area contributed by atoms with Crippen LogP contribution in [0.1, 0.15) is 18.1 Å². The summed E-state index contributed by atoms with van der Waals surface area (Å²) in [6.45, 7) is 1.96. The summed E-state index contributed by atoms with van der Waals surface area (Å²) in [5, 5.41) is 9.92. The number of hydrogen-bond acceptors (Lipinski definition) is 5. The molecule has 0 heterocycles. The number of aryl methyl sites for hydroxylation is 1. The zero-order chi connectivity index (χ0) is 14.4. The van der Waals surface area contributed by atoms with Gasteiger partial charge >= 0.3 is 5.97 Å². The van der Waals surface area contributed by atoms with Gasteiger partial charge in [-0.15, -0.1) is 0 Å². The number of rotatable bonds is 5. The minimum Gasteiger partial charge on any atom is -0.507 e. The number of methoxy groups -OCH3 is 2. The second-order valence-corrected chi connectivity index (χ2v) is 3.77. The van der Waals surface area contributed by atoms with E-state index in [4.69, 9.17) is 4.74 Å². The van der Waals surface area contributed by atoms with E-state index in [-0.39, 0.29) is 5.76 Å². The number of carbonyl (C=O) groups is 2. The van der Waals surface area contributed by atoms with Crippen LogP contribution >= 0.6 is 0 Å². The third-order valence-corrected chi connectivity index (χ3v) is 2.60. The number of hydrogen-bond donors (Lipinski definition) is 1. The maximum atomic E-state index is 11.4. The van der Waals surface area contributed by atoms with Crippen LogP contribution in [0.2, 0.25) is 0 Å². The molecule has 1 rings (SSSR count). The van der Waals surface area contributed by atoms with Crippen molar-refractivity contribution >= 4 is 17.5 Å². The van der Waals surface area contributed by atoms with Crippen LogP contribution in [0.4, 0.5) is 0 Å². The monoisotopic (exact) mass is 264 g/mol. The molecule has 5 heteroatoms. The van der Waals surface area contributed by atoms with Crippen molar-refractivity contribution in [3.05, 3.63) is 35.4 Å². The molecule has 0 aromatic heterocycles. The molecule has 0 saturated heterocycles. The second kappa shape index (κ2) is 6.58. The van der Waals surface area contributed by atoms with Gasteiger partial charge in [-0.25, -0.2) is 4.79 Å². The molecule has 0 bridgehead atoms. The predicted octanol–water partition coefficient (Wildman–Crippen LogP) is 1.90. The van der Waals surface area contributed by atoms with Gasteiger partial charge in [0.2, 0.25) is 0 Å². The Morgan fingerprint density at radius 3 is 2.53 bits per heavy atom. The van der Waals surface area contributed by atoms with E-state index >= 15 is 0 Å². The van der Waals surface area contributed by atoms with E-state index in [1.54, 1.807) is 12.1 Å². The van der Waals surface area contributed by atoms with E-state index in [1.165, 1.54) is 7.11 Å². The summed E-state index contributed by atoms with van der Waals surface area (Å²) in [5.41, 5.74) is 1.33. The van der Waals surface area contributed by atoms with Crippen LogP contribution in [0.15, 0.2) is 24.3 Å². The van der Waals surface area contributed by atoms with E-state index in [2.05, 4.69) is 4.74 Å². The molecule has 19 heavy (non-hydrogen) atoms. The van der Waals surface area contributed by atoms with E-state index in [1.807, 2.05) is 13.0 Å². The van der Waals surface area contributed by atoms with E-state index < -0.39 is 11.8 Å². The van der Waals surface area contributed by atoms with Crippen molar-refractivity contribution in [2.45, 2.75) is 13.3 Å². The molecular weight excluding hydrogens is 248 g/mol. The van der Waals surface area contributed by atoms with E-state index in [0.717, 1.165) is 25.2 Å². The average Bonchev–Trinajstić information content (AvgIpc) is 2.45. The maximum Gasteiger partial charge on any atom is 0.378 e. The zero-order valence-electron chi connectivity index (χ0n) is 11.1. The Hall–Kier alpha value is -2.30. The highest BCUT2D eigenvalue weighted by Gasteiger charge is 2.15. The molecule has 0 unspecified atom stereocenters. The van der Waals surface area contributed by atoms with E-state index in [9.17, 15) is 14.7 Å². The molecule has 1 aromatic rings. The number of aliphatic hydroxyl groups excluding tert-OH is 1. The standard InChI is InChI=1S/C14H16O5/c1-4-9-5-6-13(18-2)10(7-9)11(15)8-12(16)14(17)19-3/h5-8,15H,4H2,1-3H3/b11-8-. The van der Waals surface area contributed by atoms with Crippen molar-refractivity contribution in [2.24, 2.45) is 0 Å². The quantitative estimate of drug-likeness (QED) is 0.380. The molecule has 0 aliphatic carbocycles. The molecule has 0 saturated carbocycles. The van der Waals surface area contributed by atoms with Crippen molar-refractivity contribution in [2.75, 3.05) is 14.2 Å². The summed E-state index contributed by atoms with van der Waals surface area (Å²) >= 11 is 0. The summed E-state index contributed by atoms with van der Waals surface area (Å²) in [6.07, 6.45) is 1.60. The highest BCUT2D eigenvalue weighted by molar-refractivity contribution is 6.39. The smallest absolute Gasteiger partial charge is 0.378 e. The summed E-state index contributed by atoms with van der Waals surface area (Å²) < 4.78 is 9.38. The minimum absolute atomic E-state index is 0.331. The first kappa shape index (κ1) is 14.8. The van der Waals surface area contributed by atoms with Gasteiger partial charge in [0, 0.05) is 6.08 Å². The third-order valence-electron chi connectivity index (χ3n) is 2.60. The molecule has 102 valence electrons. The van der Waals surface area contributed by atoms with Gasteiger partial charge in [0.1, 0.15) is 11.5 Å². The Balaban J connectivity index is 3.16. The van der Waals surface area contributed by atoms with Crippen molar-refractivity contribution in [1.29, 1.82) is 0 Å². The lowest BCUT2D eigenvalue weighted by molar-refractivity contribution is -0.149. The molecular formula is C14H16O5. The summed E-state index contributed by atoms with van der Waals surface area (Å²) in [4.78, 5) is 22.4. The van der Waals surface area contributed by atoms with Gasteiger partial charge < -0.3 is 14.6 Å². The normalized spacial score (nSPS) is 11.0. The molecule has 1 N–H and O–H groups in total. The van der Waals surface area contributed by atoms with Crippen LogP contribution in [0.25, 0.3) is 5.76 Å². The number of aliphatic hydroxyl groups is 1. The molecule has 0 atom stereocenters. The van der Waals surface area contributed by atoms with Crippen molar-refractivity contribution in [1.82, 2.24) is 0 Å². The van der Waals surface area contributed by atoms with Crippen LogP contribution in [0, 0.1) is 0 Å². The summed E-state index contributed by atoms with van der Waals surface area (Å²) in [6, 6.07) is 5.26. The fourth-order valence-corrected chi connectivity index (χ4v) is 1.54. The highest BCUT2D eigenvalue weighted by atomic mass is 16.5. The molecule has 0 aliphatic heterocycles. The van der Waals surface area contributed by atoms with Gasteiger partial charge in [-0.2, -0.15) is 0 Å². The van der Waals surface area contributed by atoms with Crippen LogP contribution in [0.3, 0.4) is 0 Å². The van der Waals surface area contributed by atoms with Gasteiger partial charge in [-0.3, -0.25) is 4.79 Å². The lowest BCUT2D eigenvalue weighted by atomic mass is 10.1. The molecule has 0 fully saturated rings. The van der Waals surface area contributed by atoms with Gasteiger partial charge in [0.05, 0.1) is 19.8 Å². The Labute approximate surface area is 111 Å². The first-order chi connectivity index (χ1) is 9.03. The van der Waals surface area contributed by atoms with E-state index in [0.29, 0.717) is 11.3 Å². The third kappa shape index (κ3) is 3.58. The van der Waals surface area contributed by atoms with Crippen molar-refractivity contribution < 1.29 is 24.2 Å². The molecule has 1 aromatic carbocycles. The molecule has 0 aliphatic rings. The molecule has 5 nitrogen and oxygen atoms in total. The Morgan fingerprint density at radius 1 is 1.32 bits per heavy atom. The van der Waals surface area contributed by atoms with Crippen LogP contribution in [-0.4, -0.2) is 31.1 Å². The van der Waals surface area contributed by atoms with Gasteiger partial charge in [0.15, 0.2) is 0 Å². The summed E-state index contributed by atoms with van der Waals surface area (Å²) in [7, 11) is 2.56. The average molecular weight is 264 g/mol. The number of benzene rings is 1. The largest absolute Gasteiger partial charge is 0.507 e. The number of ether oxygens (including phenoxy) is 2. The van der Waals surface area contributed by atoms with Crippen LogP contribution in [-0.2, 0) is 20.7 Å². The fraction of sp³-hybridized carbons (Fsp3) is 0.286. The highest BCUT2D eigenvalue weighted by Crippen LogP contribution is 2.26. The minimum atomic E-state index is -1.03. The zero-order valence-corrected chi connectivity index (χ0v) is 11.1. The predicted molar refractivity (Wildman–Crippen MR) is 70.0 cm³/mol. The lowest BCUT2D eigenvalue weighted by Gasteiger charge is -2.09. The Morgan fingerprint density at radius 2 is 2.00 bits per heavy atom. The second-order valence-electron chi connectivity index (χ2n) is 3.77. The van der Waals surface area contributed by atoms with Crippen LogP contribution in [0.5, 0.6) is 5.75 Å². The van der Waals surface area contributed by atoms with Gasteiger partial charge in [0.25, 0.3) is 5.78 Å². The summed E-state index contributed by atoms with van der Waals surface area (Å²) in [5.74, 6) is -1.87. The Bertz CT molecular complexity index is 517. The topological polar surface area (TPSA) is 72.8 Å². The lowest BCUT2D eigenvalue weighted by Crippen LogP contribution is -2.13. The maximum absolute atomic E-state index is 11.4. The first-order valence-corrected chi connectivity index (χ1v) is 5.73. The number of carbonyl (C=O) groups excluding carboxylic acids is 2. The SMILES string of the molecule is CCc1ccc(OC)c(/C(O)=C/C(=O)C(=O)OC)c1. The fourth-order valence-electron chi connectivity index (χ4n) is 1.54. The van der Waals surface area contributed by atoms with Gasteiger partial charge in [-0.05, 0) is 24.1 Å². The number of ketones is 1. The molecule has 0 radical (unpaired) electrons. The molecule has 0 spiro atoms. The van der Waals surface area contributed by atoms with Crippen molar-refractivity contribution in [3.63, 3.8) is 0 Å². The number of esters is 1. The van der Waals surface area contributed by atoms with Gasteiger partial charge in [-0.1, -0.05) is 13.0 Å². The first-order valence-electron chi connectivity index (χ1n) is 5.73. The molecule has 0 amide bonds.